The molecule has 2 aromatic rings. The summed E-state index contributed by atoms with van der Waals surface area (Å²) in [5, 5.41) is -0.735. The number of carbonyl (C=O) groups is 1. The smallest absolute Gasteiger partial charge is 0.322 e. The van der Waals surface area contributed by atoms with Crippen molar-refractivity contribution >= 4 is 28.6 Å². The first-order chi connectivity index (χ1) is 14.4. The van der Waals surface area contributed by atoms with Gasteiger partial charge in [0.25, 0.3) is 5.24 Å². The van der Waals surface area contributed by atoms with Crippen LogP contribution in [-0.4, -0.2) is 16.2 Å². The molecule has 0 saturated carbocycles. The summed E-state index contributed by atoms with van der Waals surface area (Å²) in [5.74, 6) is 0. The molecule has 0 N–H and O–H groups in total. The van der Waals surface area contributed by atoms with E-state index >= 15 is 0 Å². The fourth-order valence-corrected chi connectivity index (χ4v) is 5.84. The molecule has 0 aromatic heterocycles. The Labute approximate surface area is 183 Å². The van der Waals surface area contributed by atoms with Gasteiger partial charge in [0.1, 0.15) is 0 Å². The normalized spacial score (nSPS) is 24.1. The molecule has 0 spiro atoms. The van der Waals surface area contributed by atoms with Crippen molar-refractivity contribution in [2.45, 2.75) is 49.5 Å². The Morgan fingerprint density at radius 3 is 2.16 bits per heavy atom. The Morgan fingerprint density at radius 1 is 0.968 bits per heavy atom. The molecule has 2 heterocycles. The molecule has 2 fully saturated rings. The van der Waals surface area contributed by atoms with Crippen molar-refractivity contribution in [3.05, 3.63) is 69.2 Å². The predicted molar refractivity (Wildman–Crippen MR) is 106 cm³/mol. The van der Waals surface area contributed by atoms with Gasteiger partial charge in [0, 0.05) is 11.1 Å². The second kappa shape index (κ2) is 7.62. The summed E-state index contributed by atoms with van der Waals surface area (Å²) >= 11 is 7.08. The molecule has 0 radical (unpaired) electrons. The molecule has 2 saturated heterocycles. The van der Waals surface area contributed by atoms with E-state index in [2.05, 4.69) is 0 Å². The summed E-state index contributed by atoms with van der Waals surface area (Å²) in [4.78, 5) is 14.3. The molecule has 2 nitrogen and oxygen atoms in total. The van der Waals surface area contributed by atoms with Gasteiger partial charge in [0.2, 0.25) is 0 Å². The first kappa shape index (κ1) is 22.3. The summed E-state index contributed by atoms with van der Waals surface area (Å²) in [7, 11) is 0. The molecule has 2 aliphatic rings. The highest BCUT2D eigenvalue weighted by Crippen LogP contribution is 2.55. The van der Waals surface area contributed by atoms with E-state index in [0.29, 0.717) is 17.9 Å². The minimum atomic E-state index is -4.93. The van der Waals surface area contributed by atoms with E-state index in [-0.39, 0.29) is 22.9 Å². The summed E-state index contributed by atoms with van der Waals surface area (Å²) in [6.07, 6.45) is -8.88. The Bertz CT molecular complexity index is 1010. The maximum absolute atomic E-state index is 13.3. The Balaban J connectivity index is 1.73. The average Bonchev–Trinajstić information content (AvgIpc) is 3.23. The summed E-state index contributed by atoms with van der Waals surface area (Å²) in [6.45, 7) is 1.87. The summed E-state index contributed by atoms with van der Waals surface area (Å²) in [5.41, 5.74) is -1.23. The number of alkyl halides is 6. The maximum Gasteiger partial charge on any atom is 0.416 e. The van der Waals surface area contributed by atoms with Crippen molar-refractivity contribution in [3.8, 4) is 0 Å². The van der Waals surface area contributed by atoms with Crippen molar-refractivity contribution < 1.29 is 31.1 Å². The van der Waals surface area contributed by atoms with E-state index in [4.69, 9.17) is 11.6 Å². The molecule has 3 atom stereocenters. The molecule has 2 aliphatic heterocycles. The second-order valence-corrected chi connectivity index (χ2v) is 9.24. The lowest BCUT2D eigenvalue weighted by atomic mass is 9.98. The predicted octanol–water partition coefficient (Wildman–Crippen LogP) is 7.80. The molecule has 0 unspecified atom stereocenters. The number of fused-ring (bicyclic) bond motifs is 1. The number of halogens is 7. The van der Waals surface area contributed by atoms with Gasteiger partial charge in [0.05, 0.1) is 22.4 Å². The highest BCUT2D eigenvalue weighted by Gasteiger charge is 2.50. The van der Waals surface area contributed by atoms with E-state index in [1.807, 2.05) is 19.1 Å². The lowest BCUT2D eigenvalue weighted by Gasteiger charge is -2.26. The van der Waals surface area contributed by atoms with E-state index in [0.717, 1.165) is 35.0 Å². The summed E-state index contributed by atoms with van der Waals surface area (Å²) < 4.78 is 79.6. The van der Waals surface area contributed by atoms with Gasteiger partial charge in [-0.3, -0.25) is 4.79 Å². The molecule has 4 rings (SSSR count). The van der Waals surface area contributed by atoms with Gasteiger partial charge in [-0.25, -0.2) is 0 Å². The molecular weight excluding hydrogens is 464 g/mol. The van der Waals surface area contributed by atoms with Gasteiger partial charge >= 0.3 is 12.4 Å². The first-order valence-electron chi connectivity index (χ1n) is 9.40. The monoisotopic (exact) mass is 479 g/mol. The second-order valence-electron chi connectivity index (χ2n) is 7.74. The van der Waals surface area contributed by atoms with Gasteiger partial charge < -0.3 is 4.90 Å². The zero-order chi connectivity index (χ0) is 22.7. The minimum Gasteiger partial charge on any atom is -0.322 e. The maximum atomic E-state index is 13.3. The van der Waals surface area contributed by atoms with Crippen molar-refractivity contribution in [3.63, 3.8) is 0 Å². The molecule has 1 amide bonds. The third kappa shape index (κ3) is 4.14. The van der Waals surface area contributed by atoms with Crippen LogP contribution in [0.25, 0.3) is 0 Å². The Hall–Kier alpha value is -1.87. The molecular formula is C21H16ClF6NOS. The quantitative estimate of drug-likeness (QED) is 0.409. The SMILES string of the molecule is Cc1ccc(Cl)c([C@@H]2CC[C@H]3[C@@H](c4cc(C(F)(F)F)cc(C(F)(F)F)c4)SC(=O)N23)c1. The van der Waals surface area contributed by atoms with Gasteiger partial charge in [-0.1, -0.05) is 41.1 Å². The topological polar surface area (TPSA) is 20.3 Å². The number of hydrogen-bond acceptors (Lipinski definition) is 2. The lowest BCUT2D eigenvalue weighted by Crippen LogP contribution is -2.30. The van der Waals surface area contributed by atoms with Crippen LogP contribution in [0.4, 0.5) is 31.1 Å². The van der Waals surface area contributed by atoms with Crippen LogP contribution in [0.15, 0.2) is 36.4 Å². The van der Waals surface area contributed by atoms with Crippen LogP contribution in [0.3, 0.4) is 0 Å². The van der Waals surface area contributed by atoms with Gasteiger partial charge in [-0.2, -0.15) is 26.3 Å². The third-order valence-electron chi connectivity index (χ3n) is 5.67. The van der Waals surface area contributed by atoms with Crippen LogP contribution < -0.4 is 0 Å². The van der Waals surface area contributed by atoms with Gasteiger partial charge in [-0.15, -0.1) is 0 Å². The standard InChI is InChI=1S/C21H16ClF6NOS/c1-10-2-3-15(22)14(6-10)16-4-5-17-18(31-19(30)29(16)17)11-7-12(20(23,24)25)9-13(8-11)21(26,27)28/h2-3,6-9,16-18H,4-5H2,1H3/t16-,17-,18+/m0/s1. The van der Waals surface area contributed by atoms with Crippen LogP contribution >= 0.6 is 23.4 Å². The van der Waals surface area contributed by atoms with Crippen LogP contribution in [0, 0.1) is 6.92 Å². The van der Waals surface area contributed by atoms with E-state index in [9.17, 15) is 31.1 Å². The van der Waals surface area contributed by atoms with E-state index < -0.39 is 34.8 Å². The minimum absolute atomic E-state index is 0.104. The number of hydrogen-bond donors (Lipinski definition) is 0. The van der Waals surface area contributed by atoms with Crippen LogP contribution in [0.1, 0.15) is 52.0 Å². The lowest BCUT2D eigenvalue weighted by molar-refractivity contribution is -0.143. The largest absolute Gasteiger partial charge is 0.416 e. The average molecular weight is 480 g/mol. The number of nitrogens with zero attached hydrogens (tertiary/aromatic N) is 1. The van der Waals surface area contributed by atoms with E-state index in [1.165, 1.54) is 0 Å². The number of rotatable bonds is 2. The number of thioether (sulfide) groups is 1. The molecule has 10 heteroatoms. The van der Waals surface area contributed by atoms with Crippen molar-refractivity contribution in [2.24, 2.45) is 0 Å². The fraction of sp³-hybridized carbons (Fsp3) is 0.381. The van der Waals surface area contributed by atoms with Crippen LogP contribution in [0.2, 0.25) is 5.02 Å². The first-order valence-corrected chi connectivity index (χ1v) is 10.7. The van der Waals surface area contributed by atoms with Gasteiger partial charge in [0.15, 0.2) is 0 Å². The van der Waals surface area contributed by atoms with E-state index in [1.54, 1.807) is 11.0 Å². The number of carbonyl (C=O) groups excluding carboxylic acids is 1. The Morgan fingerprint density at radius 2 is 1.58 bits per heavy atom. The zero-order valence-electron chi connectivity index (χ0n) is 16.0. The van der Waals surface area contributed by atoms with Crippen molar-refractivity contribution in [2.75, 3.05) is 0 Å². The number of benzene rings is 2. The number of aryl methyl sites for hydroxylation is 1. The van der Waals surface area contributed by atoms with Crippen molar-refractivity contribution in [1.29, 1.82) is 0 Å². The molecule has 2 aromatic carbocycles. The highest BCUT2D eigenvalue weighted by atomic mass is 35.5. The van der Waals surface area contributed by atoms with Crippen LogP contribution in [0.5, 0.6) is 0 Å². The molecule has 0 aliphatic carbocycles. The third-order valence-corrected chi connectivity index (χ3v) is 7.26. The van der Waals surface area contributed by atoms with Crippen molar-refractivity contribution in [1.82, 2.24) is 4.90 Å². The molecule has 0 bridgehead atoms. The fourth-order valence-electron chi connectivity index (χ4n) is 4.30. The number of amides is 1. The zero-order valence-corrected chi connectivity index (χ0v) is 17.6. The molecule has 31 heavy (non-hydrogen) atoms. The molecule has 166 valence electrons. The Kier molecular flexibility index (Phi) is 5.49. The summed E-state index contributed by atoms with van der Waals surface area (Å²) in [6, 6.07) is 6.06. The highest BCUT2D eigenvalue weighted by molar-refractivity contribution is 8.14. The van der Waals surface area contributed by atoms with Gasteiger partial charge in [-0.05, 0) is 55.2 Å². The van der Waals surface area contributed by atoms with Crippen LogP contribution in [-0.2, 0) is 12.4 Å².